The molecular formula is C31H31N3O4S. The zero-order valence-corrected chi connectivity index (χ0v) is 23.3. The van der Waals surface area contributed by atoms with Crippen LogP contribution in [-0.4, -0.2) is 27.8 Å². The average Bonchev–Trinajstić information content (AvgIpc) is 3.40. The van der Waals surface area contributed by atoms with Crippen molar-refractivity contribution in [3.63, 3.8) is 0 Å². The molecule has 0 aliphatic carbocycles. The van der Waals surface area contributed by atoms with Crippen molar-refractivity contribution in [1.82, 2.24) is 9.13 Å². The summed E-state index contributed by atoms with van der Waals surface area (Å²) < 4.78 is 15.5. The molecular weight excluding hydrogens is 510 g/mol. The first kappa shape index (κ1) is 26.4. The van der Waals surface area contributed by atoms with Gasteiger partial charge in [0.05, 0.1) is 34.6 Å². The van der Waals surface area contributed by atoms with Crippen LogP contribution >= 0.6 is 11.3 Å². The maximum absolute atomic E-state index is 14.0. The van der Waals surface area contributed by atoms with Gasteiger partial charge >= 0.3 is 5.97 Å². The topological polar surface area (TPSA) is 74.8 Å². The predicted octanol–water partition coefficient (Wildman–Crippen LogP) is 4.73. The fourth-order valence-electron chi connectivity index (χ4n) is 4.91. The van der Waals surface area contributed by atoms with E-state index in [4.69, 9.17) is 14.5 Å². The SMILES string of the molecule is C=CCn1cc(/C=c2/sc3n(c2=O)[C@@H](c2ccc(OCC)cc2)C(C(=O)OC(C)C)=C(C)N=3)c2ccccc21. The summed E-state index contributed by atoms with van der Waals surface area (Å²) >= 11 is 1.32. The van der Waals surface area contributed by atoms with Gasteiger partial charge in [0.2, 0.25) is 0 Å². The molecule has 1 aliphatic rings. The first-order valence-corrected chi connectivity index (χ1v) is 13.8. The minimum absolute atomic E-state index is 0.208. The molecule has 0 spiro atoms. The van der Waals surface area contributed by atoms with Crippen LogP contribution in [0.5, 0.6) is 5.75 Å². The largest absolute Gasteiger partial charge is 0.494 e. The number of fused-ring (bicyclic) bond motifs is 2. The summed E-state index contributed by atoms with van der Waals surface area (Å²) in [7, 11) is 0. The molecule has 1 atom stereocenters. The second kappa shape index (κ2) is 10.9. The molecule has 0 bridgehead atoms. The molecule has 8 heteroatoms. The van der Waals surface area contributed by atoms with E-state index in [2.05, 4.69) is 17.2 Å². The van der Waals surface area contributed by atoms with Crippen LogP contribution in [0.15, 0.2) is 88.4 Å². The molecule has 5 rings (SSSR count). The Labute approximate surface area is 230 Å². The minimum atomic E-state index is -0.674. The Hall–Kier alpha value is -4.17. The summed E-state index contributed by atoms with van der Waals surface area (Å²) in [5, 5.41) is 1.05. The summed E-state index contributed by atoms with van der Waals surface area (Å²) in [5.74, 6) is 0.239. The third kappa shape index (κ3) is 5.00. The quantitative estimate of drug-likeness (QED) is 0.239. The maximum Gasteiger partial charge on any atom is 0.338 e. The fraction of sp³-hybridized carbons (Fsp3) is 0.258. The van der Waals surface area contributed by atoms with E-state index < -0.39 is 12.0 Å². The van der Waals surface area contributed by atoms with Gasteiger partial charge in [-0.25, -0.2) is 9.79 Å². The lowest BCUT2D eigenvalue weighted by Gasteiger charge is -2.25. The van der Waals surface area contributed by atoms with E-state index >= 15 is 0 Å². The number of aromatic nitrogens is 2. The molecule has 4 aromatic rings. The van der Waals surface area contributed by atoms with E-state index in [1.165, 1.54) is 11.3 Å². The number of hydrogen-bond donors (Lipinski definition) is 0. The normalized spacial score (nSPS) is 15.4. The number of carbonyl (C=O) groups is 1. The number of esters is 1. The number of para-hydroxylation sites is 1. The Morgan fingerprint density at radius 1 is 1.18 bits per heavy atom. The molecule has 200 valence electrons. The van der Waals surface area contributed by atoms with Crippen molar-refractivity contribution in [3.05, 3.63) is 109 Å². The molecule has 0 fully saturated rings. The Kier molecular flexibility index (Phi) is 7.39. The Morgan fingerprint density at radius 2 is 1.92 bits per heavy atom. The van der Waals surface area contributed by atoms with Gasteiger partial charge in [0, 0.05) is 29.2 Å². The smallest absolute Gasteiger partial charge is 0.338 e. The van der Waals surface area contributed by atoms with Crippen LogP contribution in [0, 0.1) is 0 Å². The maximum atomic E-state index is 14.0. The third-order valence-corrected chi connectivity index (χ3v) is 7.51. The lowest BCUT2D eigenvalue weighted by Crippen LogP contribution is -2.40. The lowest BCUT2D eigenvalue weighted by molar-refractivity contribution is -0.143. The van der Waals surface area contributed by atoms with Gasteiger partial charge in [0.25, 0.3) is 5.56 Å². The highest BCUT2D eigenvalue weighted by Gasteiger charge is 2.33. The van der Waals surface area contributed by atoms with Crippen LogP contribution in [0.1, 0.15) is 44.9 Å². The van der Waals surface area contributed by atoms with Crippen LogP contribution in [0.25, 0.3) is 17.0 Å². The van der Waals surface area contributed by atoms with Crippen LogP contribution in [0.4, 0.5) is 0 Å². The van der Waals surface area contributed by atoms with Gasteiger partial charge in [-0.2, -0.15) is 0 Å². The Balaban J connectivity index is 1.70. The van der Waals surface area contributed by atoms with Gasteiger partial charge in [-0.1, -0.05) is 47.7 Å². The van der Waals surface area contributed by atoms with Gasteiger partial charge in [-0.05, 0) is 57.5 Å². The number of rotatable bonds is 8. The van der Waals surface area contributed by atoms with Crippen LogP contribution in [-0.2, 0) is 16.1 Å². The monoisotopic (exact) mass is 541 g/mol. The van der Waals surface area contributed by atoms with Gasteiger partial charge in [-0.3, -0.25) is 9.36 Å². The Bertz CT molecular complexity index is 1770. The number of thiazole rings is 1. The van der Waals surface area contributed by atoms with Gasteiger partial charge in [0.15, 0.2) is 4.80 Å². The van der Waals surface area contributed by atoms with Crippen LogP contribution in [0.2, 0.25) is 0 Å². The highest BCUT2D eigenvalue weighted by molar-refractivity contribution is 7.07. The number of allylic oxidation sites excluding steroid dienone is 2. The average molecular weight is 542 g/mol. The standard InChI is InChI=1S/C31H31N3O4S/c1-6-16-33-18-22(24-10-8-9-11-25(24)33)17-26-29(35)34-28(21-12-14-23(15-13-21)37-7-2)27(30(36)38-19(3)4)20(5)32-31(34)39-26/h6,8-15,17-19,28H,1,7,16H2,2-5H3/b26-17+/t28-/m0/s1. The zero-order valence-electron chi connectivity index (χ0n) is 22.5. The predicted molar refractivity (Wildman–Crippen MR) is 155 cm³/mol. The molecule has 0 saturated carbocycles. The first-order valence-electron chi connectivity index (χ1n) is 13.0. The van der Waals surface area contributed by atoms with Gasteiger partial charge < -0.3 is 14.0 Å². The highest BCUT2D eigenvalue weighted by atomic mass is 32.1. The van der Waals surface area contributed by atoms with Crippen molar-refractivity contribution < 1.29 is 14.3 Å². The summed E-state index contributed by atoms with van der Waals surface area (Å²) in [5.41, 5.74) is 3.47. The number of carbonyl (C=O) groups excluding carboxylic acids is 1. The van der Waals surface area contributed by atoms with E-state index in [0.29, 0.717) is 33.8 Å². The molecule has 1 aliphatic heterocycles. The number of nitrogens with zero attached hydrogens (tertiary/aromatic N) is 3. The number of hydrogen-bond acceptors (Lipinski definition) is 6. The van der Waals surface area contributed by atoms with E-state index in [-0.39, 0.29) is 11.7 Å². The van der Waals surface area contributed by atoms with E-state index in [9.17, 15) is 9.59 Å². The summed E-state index contributed by atoms with van der Waals surface area (Å²) in [6.07, 6.45) is 5.48. The van der Waals surface area contributed by atoms with Crippen LogP contribution < -0.4 is 19.6 Å². The van der Waals surface area contributed by atoms with Crippen molar-refractivity contribution in [1.29, 1.82) is 0 Å². The van der Waals surface area contributed by atoms with Crippen molar-refractivity contribution in [2.24, 2.45) is 4.99 Å². The van der Waals surface area contributed by atoms with Crippen molar-refractivity contribution >= 4 is 34.3 Å². The summed E-state index contributed by atoms with van der Waals surface area (Å²) in [6.45, 7) is 12.4. The molecule has 2 aromatic heterocycles. The highest BCUT2D eigenvalue weighted by Crippen LogP contribution is 2.32. The molecule has 7 nitrogen and oxygen atoms in total. The van der Waals surface area contributed by atoms with E-state index in [0.717, 1.165) is 27.8 Å². The lowest BCUT2D eigenvalue weighted by atomic mass is 9.96. The molecule has 0 saturated heterocycles. The molecule has 0 radical (unpaired) electrons. The van der Waals surface area contributed by atoms with E-state index in [1.807, 2.05) is 67.7 Å². The molecule has 3 heterocycles. The van der Waals surface area contributed by atoms with Crippen molar-refractivity contribution in [2.75, 3.05) is 6.61 Å². The fourth-order valence-corrected chi connectivity index (χ4v) is 5.95. The first-order chi connectivity index (χ1) is 18.8. The van der Waals surface area contributed by atoms with Gasteiger partial charge in [0.1, 0.15) is 5.75 Å². The van der Waals surface area contributed by atoms with Crippen molar-refractivity contribution in [2.45, 2.75) is 46.4 Å². The summed E-state index contributed by atoms with van der Waals surface area (Å²) in [6, 6.07) is 14.9. The number of benzene rings is 2. The van der Waals surface area contributed by atoms with Gasteiger partial charge in [-0.15, -0.1) is 6.58 Å². The molecule has 2 aromatic carbocycles. The molecule has 0 N–H and O–H groups in total. The second-order valence-corrected chi connectivity index (χ2v) is 10.6. The van der Waals surface area contributed by atoms with Crippen LogP contribution in [0.3, 0.4) is 0 Å². The van der Waals surface area contributed by atoms with Crippen molar-refractivity contribution in [3.8, 4) is 5.75 Å². The molecule has 0 unspecified atom stereocenters. The zero-order chi connectivity index (χ0) is 27.7. The van der Waals surface area contributed by atoms with E-state index in [1.54, 1.807) is 25.3 Å². The third-order valence-electron chi connectivity index (χ3n) is 6.52. The second-order valence-electron chi connectivity index (χ2n) is 9.58. The molecule has 39 heavy (non-hydrogen) atoms. The Morgan fingerprint density at radius 3 is 2.62 bits per heavy atom. The number of ether oxygens (including phenoxy) is 2. The minimum Gasteiger partial charge on any atom is -0.494 e. The summed E-state index contributed by atoms with van der Waals surface area (Å²) in [4.78, 5) is 32.5. The molecule has 0 amide bonds.